The Bertz CT molecular complexity index is 580. The van der Waals surface area contributed by atoms with Crippen molar-refractivity contribution in [3.05, 3.63) is 35.9 Å². The molecule has 0 amide bonds. The third kappa shape index (κ3) is 3.89. The minimum atomic E-state index is -0.643. The molecule has 25 heavy (non-hydrogen) atoms. The van der Waals surface area contributed by atoms with Gasteiger partial charge < -0.3 is 23.7 Å². The minimum absolute atomic E-state index is 0.0430. The molecule has 6 atom stereocenters. The molecule has 0 saturated carbocycles. The van der Waals surface area contributed by atoms with Gasteiger partial charge in [0.15, 0.2) is 12.1 Å². The maximum Gasteiger partial charge on any atom is 0.190 e. The zero-order chi connectivity index (χ0) is 17.4. The average molecular weight is 460 g/mol. The summed E-state index contributed by atoms with van der Waals surface area (Å²) in [6.07, 6.45) is 1.47. The number of rotatable bonds is 5. The summed E-state index contributed by atoms with van der Waals surface area (Å²) in [5.74, 6) is -0.643. The van der Waals surface area contributed by atoms with Crippen molar-refractivity contribution in [3.63, 3.8) is 0 Å². The van der Waals surface area contributed by atoms with Crippen molar-refractivity contribution in [2.75, 3.05) is 4.43 Å². The van der Waals surface area contributed by atoms with Gasteiger partial charge in [0.05, 0.1) is 18.8 Å². The lowest BCUT2D eigenvalue weighted by Crippen LogP contribution is -2.42. The van der Waals surface area contributed by atoms with E-state index in [-0.39, 0.29) is 30.7 Å². The molecule has 1 aromatic rings. The zero-order valence-electron chi connectivity index (χ0n) is 14.6. The molecule has 3 fully saturated rings. The highest BCUT2D eigenvalue weighted by Crippen LogP contribution is 2.42. The van der Waals surface area contributed by atoms with Gasteiger partial charge in [-0.1, -0.05) is 52.9 Å². The lowest BCUT2D eigenvalue weighted by Gasteiger charge is -2.29. The molecule has 0 unspecified atom stereocenters. The van der Waals surface area contributed by atoms with E-state index in [1.54, 1.807) is 0 Å². The molecular weight excluding hydrogens is 435 g/mol. The molecule has 1 aromatic carbocycles. The summed E-state index contributed by atoms with van der Waals surface area (Å²) in [6.45, 7) is 4.35. The van der Waals surface area contributed by atoms with Gasteiger partial charge in [0.1, 0.15) is 18.3 Å². The Labute approximate surface area is 162 Å². The van der Waals surface area contributed by atoms with Crippen molar-refractivity contribution < 1.29 is 23.7 Å². The van der Waals surface area contributed by atoms with Crippen molar-refractivity contribution in [2.24, 2.45) is 0 Å². The average Bonchev–Trinajstić information content (AvgIpc) is 3.26. The molecule has 3 heterocycles. The highest BCUT2D eigenvalue weighted by Gasteiger charge is 2.58. The van der Waals surface area contributed by atoms with Crippen LogP contribution in [0, 0.1) is 0 Å². The summed E-state index contributed by atoms with van der Waals surface area (Å²) in [6, 6.07) is 10.2. The summed E-state index contributed by atoms with van der Waals surface area (Å²) in [4.78, 5) is 0. The van der Waals surface area contributed by atoms with Crippen LogP contribution in [0.25, 0.3) is 0 Å². The first kappa shape index (κ1) is 18.1. The summed E-state index contributed by atoms with van der Waals surface area (Å²) in [5.41, 5.74) is 1.14. The second kappa shape index (κ2) is 7.40. The van der Waals surface area contributed by atoms with E-state index in [4.69, 9.17) is 23.7 Å². The summed E-state index contributed by atoms with van der Waals surface area (Å²) in [5, 5.41) is 0. The van der Waals surface area contributed by atoms with Crippen LogP contribution in [-0.4, -0.2) is 47.0 Å². The second-order valence-corrected chi connectivity index (χ2v) is 8.24. The zero-order valence-corrected chi connectivity index (χ0v) is 16.8. The van der Waals surface area contributed by atoms with Gasteiger partial charge in [-0.3, -0.25) is 0 Å². The molecule has 0 aromatic heterocycles. The lowest BCUT2D eigenvalue weighted by molar-refractivity contribution is -0.232. The maximum atomic E-state index is 6.28. The van der Waals surface area contributed by atoms with Gasteiger partial charge in [-0.25, -0.2) is 0 Å². The fourth-order valence-corrected chi connectivity index (χ4v) is 4.50. The van der Waals surface area contributed by atoms with E-state index >= 15 is 0 Å². The van der Waals surface area contributed by atoms with Crippen molar-refractivity contribution in [2.45, 2.75) is 75.9 Å². The van der Waals surface area contributed by atoms with Crippen LogP contribution in [0.2, 0.25) is 0 Å². The minimum Gasteiger partial charge on any atom is -0.371 e. The fraction of sp³-hybridized carbons (Fsp3) is 0.684. The van der Waals surface area contributed by atoms with Gasteiger partial charge >= 0.3 is 0 Å². The molecule has 0 N–H and O–H groups in total. The van der Waals surface area contributed by atoms with E-state index in [9.17, 15) is 0 Å². The molecule has 138 valence electrons. The Kier molecular flexibility index (Phi) is 5.37. The van der Waals surface area contributed by atoms with E-state index in [0.717, 1.165) is 22.8 Å². The van der Waals surface area contributed by atoms with E-state index < -0.39 is 5.79 Å². The standard InChI is InChI=1S/C19H25IO5/c1-19(2)24-17-16(21-11-12-6-4-3-5-7-12)15(23-18(17)25-19)14-9-8-13(10-20)22-14/h3-7,13-18H,8-11H2,1-2H3/t13-,14+,15-,16+,17-,18-/m1/s1. The largest absolute Gasteiger partial charge is 0.371 e. The van der Waals surface area contributed by atoms with Crippen LogP contribution in [0.3, 0.4) is 0 Å². The molecule has 5 nitrogen and oxygen atoms in total. The molecule has 3 aliphatic heterocycles. The fourth-order valence-electron chi connectivity index (χ4n) is 3.85. The molecule has 0 bridgehead atoms. The molecular formula is C19H25IO5. The topological polar surface area (TPSA) is 46.2 Å². The second-order valence-electron chi connectivity index (χ2n) is 7.36. The summed E-state index contributed by atoms with van der Waals surface area (Å²) in [7, 11) is 0. The first-order valence-corrected chi connectivity index (χ1v) is 10.5. The van der Waals surface area contributed by atoms with Crippen molar-refractivity contribution >= 4 is 22.6 Å². The van der Waals surface area contributed by atoms with Gasteiger partial charge in [-0.2, -0.15) is 0 Å². The molecule has 3 saturated heterocycles. The molecule has 4 rings (SSSR count). The number of halogens is 1. The van der Waals surface area contributed by atoms with Crippen molar-refractivity contribution in [3.8, 4) is 0 Å². The quantitative estimate of drug-likeness (QED) is 0.498. The third-order valence-electron chi connectivity index (χ3n) is 4.99. The number of fused-ring (bicyclic) bond motifs is 1. The highest BCUT2D eigenvalue weighted by molar-refractivity contribution is 14.1. The Morgan fingerprint density at radius 2 is 1.88 bits per heavy atom. The summed E-state index contributed by atoms with van der Waals surface area (Å²) >= 11 is 2.38. The van der Waals surface area contributed by atoms with Gasteiger partial charge in [0, 0.05) is 4.43 Å². The van der Waals surface area contributed by atoms with Crippen molar-refractivity contribution in [1.82, 2.24) is 0 Å². The van der Waals surface area contributed by atoms with E-state index in [1.165, 1.54) is 0 Å². The normalized spacial score (nSPS) is 39.6. The lowest BCUT2D eigenvalue weighted by atomic mass is 10.0. The predicted octanol–water partition coefficient (Wildman–Crippen LogP) is 3.43. The first-order valence-electron chi connectivity index (χ1n) is 8.94. The molecule has 0 aliphatic carbocycles. The first-order chi connectivity index (χ1) is 12.1. The highest BCUT2D eigenvalue weighted by atomic mass is 127. The van der Waals surface area contributed by atoms with Crippen LogP contribution < -0.4 is 0 Å². The van der Waals surface area contributed by atoms with Gasteiger partial charge in [0.2, 0.25) is 0 Å². The number of hydrogen-bond acceptors (Lipinski definition) is 5. The Hall–Kier alpha value is -0.250. The van der Waals surface area contributed by atoms with E-state index in [1.807, 2.05) is 32.0 Å². The Morgan fingerprint density at radius 1 is 1.08 bits per heavy atom. The Balaban J connectivity index is 1.48. The number of alkyl halides is 1. The van der Waals surface area contributed by atoms with Crippen LogP contribution >= 0.6 is 22.6 Å². The van der Waals surface area contributed by atoms with Gasteiger partial charge in [-0.15, -0.1) is 0 Å². The van der Waals surface area contributed by atoms with Crippen molar-refractivity contribution in [1.29, 1.82) is 0 Å². The number of hydrogen-bond donors (Lipinski definition) is 0. The molecule has 0 radical (unpaired) electrons. The van der Waals surface area contributed by atoms with Crippen LogP contribution in [0.4, 0.5) is 0 Å². The molecule has 0 spiro atoms. The predicted molar refractivity (Wildman–Crippen MR) is 100 cm³/mol. The van der Waals surface area contributed by atoms with E-state index in [2.05, 4.69) is 34.7 Å². The SMILES string of the molecule is CC1(C)O[C@H]2O[C@H]([C@@H]3CC[C@H](CI)O3)[C@H](OCc3ccccc3)[C@H]2O1. The van der Waals surface area contributed by atoms with E-state index in [0.29, 0.717) is 12.7 Å². The monoisotopic (exact) mass is 460 g/mol. The Morgan fingerprint density at radius 3 is 2.60 bits per heavy atom. The molecule has 6 heteroatoms. The molecule has 3 aliphatic rings. The van der Waals surface area contributed by atoms with Crippen LogP contribution in [0.1, 0.15) is 32.3 Å². The smallest absolute Gasteiger partial charge is 0.190 e. The maximum absolute atomic E-state index is 6.28. The van der Waals surface area contributed by atoms with Gasteiger partial charge in [0.25, 0.3) is 0 Å². The third-order valence-corrected chi connectivity index (χ3v) is 5.97. The summed E-state index contributed by atoms with van der Waals surface area (Å²) < 4.78 is 31.7. The number of benzene rings is 1. The van der Waals surface area contributed by atoms with Gasteiger partial charge in [-0.05, 0) is 32.3 Å². The van der Waals surface area contributed by atoms with Crippen LogP contribution in [-0.2, 0) is 30.3 Å². The number of ether oxygens (including phenoxy) is 5. The van der Waals surface area contributed by atoms with Crippen LogP contribution in [0.5, 0.6) is 0 Å². The van der Waals surface area contributed by atoms with Crippen LogP contribution in [0.15, 0.2) is 30.3 Å².